The zero-order chi connectivity index (χ0) is 14.6. The highest BCUT2D eigenvalue weighted by Crippen LogP contribution is 2.35. The summed E-state index contributed by atoms with van der Waals surface area (Å²) in [6.45, 7) is 6.69. The predicted molar refractivity (Wildman–Crippen MR) is 77.4 cm³/mol. The summed E-state index contributed by atoms with van der Waals surface area (Å²) in [5.41, 5.74) is 0.450. The maximum Gasteiger partial charge on any atom is 0.324 e. The molecular weight excluding hydrogens is 254 g/mol. The largest absolute Gasteiger partial charge is 0.480 e. The smallest absolute Gasteiger partial charge is 0.324 e. The zero-order valence-electron chi connectivity index (χ0n) is 12.5. The van der Waals surface area contributed by atoms with Gasteiger partial charge in [0.1, 0.15) is 5.54 Å². The first kappa shape index (κ1) is 15.0. The summed E-state index contributed by atoms with van der Waals surface area (Å²) in [6.07, 6.45) is 8.12. The van der Waals surface area contributed by atoms with E-state index in [-0.39, 0.29) is 0 Å². The van der Waals surface area contributed by atoms with Crippen LogP contribution in [0, 0.1) is 0 Å². The number of carboxylic acids is 1. The van der Waals surface area contributed by atoms with Gasteiger partial charge in [-0.15, -0.1) is 0 Å². The molecule has 1 saturated heterocycles. The van der Waals surface area contributed by atoms with E-state index in [9.17, 15) is 9.90 Å². The third kappa shape index (κ3) is 2.73. The molecule has 1 aliphatic rings. The van der Waals surface area contributed by atoms with E-state index >= 15 is 0 Å². The maximum atomic E-state index is 11.8. The predicted octanol–water partition coefficient (Wildman–Crippen LogP) is 2.51. The molecule has 5 heteroatoms. The first-order chi connectivity index (χ1) is 9.64. The summed E-state index contributed by atoms with van der Waals surface area (Å²) in [7, 11) is 0. The Morgan fingerprint density at radius 2 is 2.25 bits per heavy atom. The van der Waals surface area contributed by atoms with Gasteiger partial charge in [0.15, 0.2) is 0 Å². The van der Waals surface area contributed by atoms with Crippen LogP contribution in [-0.4, -0.2) is 37.6 Å². The molecule has 0 bridgehead atoms. The molecule has 0 saturated carbocycles. The molecule has 0 spiro atoms. The lowest BCUT2D eigenvalue weighted by atomic mass is 9.90. The lowest BCUT2D eigenvalue weighted by molar-refractivity contribution is -0.150. The second-order valence-corrected chi connectivity index (χ2v) is 5.69. The van der Waals surface area contributed by atoms with Crippen LogP contribution in [0.25, 0.3) is 0 Å². The van der Waals surface area contributed by atoms with Gasteiger partial charge in [-0.2, -0.15) is 0 Å². The SMILES string of the molecule is CCCn1cncc1CN1CCCC1(CCC)C(=O)O. The number of imidazole rings is 1. The van der Waals surface area contributed by atoms with Crippen LogP contribution in [0.5, 0.6) is 0 Å². The molecule has 112 valence electrons. The first-order valence-electron chi connectivity index (χ1n) is 7.61. The molecule has 1 atom stereocenters. The van der Waals surface area contributed by atoms with Crippen molar-refractivity contribution in [1.29, 1.82) is 0 Å². The molecule has 0 aliphatic carbocycles. The lowest BCUT2D eigenvalue weighted by Gasteiger charge is -2.34. The van der Waals surface area contributed by atoms with Gasteiger partial charge in [-0.3, -0.25) is 9.69 Å². The molecule has 0 radical (unpaired) electrons. The van der Waals surface area contributed by atoms with Gasteiger partial charge in [0.05, 0.1) is 12.0 Å². The van der Waals surface area contributed by atoms with Crippen molar-refractivity contribution in [3.63, 3.8) is 0 Å². The summed E-state index contributed by atoms with van der Waals surface area (Å²) < 4.78 is 2.14. The molecule has 1 fully saturated rings. The average molecular weight is 279 g/mol. The zero-order valence-corrected chi connectivity index (χ0v) is 12.5. The monoisotopic (exact) mass is 279 g/mol. The molecule has 1 aliphatic heterocycles. The van der Waals surface area contributed by atoms with Crippen molar-refractivity contribution in [3.05, 3.63) is 18.2 Å². The summed E-state index contributed by atoms with van der Waals surface area (Å²) >= 11 is 0. The van der Waals surface area contributed by atoms with Crippen molar-refractivity contribution in [2.45, 2.75) is 64.6 Å². The molecule has 2 heterocycles. The Labute approximate surface area is 120 Å². The highest BCUT2D eigenvalue weighted by atomic mass is 16.4. The van der Waals surface area contributed by atoms with E-state index < -0.39 is 11.5 Å². The third-order valence-electron chi connectivity index (χ3n) is 4.30. The molecule has 0 aromatic carbocycles. The second kappa shape index (κ2) is 6.39. The number of likely N-dealkylation sites (tertiary alicyclic amines) is 1. The van der Waals surface area contributed by atoms with Crippen LogP contribution in [-0.2, 0) is 17.9 Å². The minimum Gasteiger partial charge on any atom is -0.480 e. The van der Waals surface area contributed by atoms with Gasteiger partial charge in [-0.1, -0.05) is 20.3 Å². The van der Waals surface area contributed by atoms with Crippen LogP contribution in [0.2, 0.25) is 0 Å². The van der Waals surface area contributed by atoms with E-state index in [1.54, 1.807) is 0 Å². The minimum atomic E-state index is -0.671. The average Bonchev–Trinajstić information content (AvgIpc) is 3.00. The van der Waals surface area contributed by atoms with E-state index in [4.69, 9.17) is 0 Å². The van der Waals surface area contributed by atoms with Crippen molar-refractivity contribution < 1.29 is 9.90 Å². The first-order valence-corrected chi connectivity index (χ1v) is 7.61. The Balaban J connectivity index is 2.18. The Kier molecular flexibility index (Phi) is 4.81. The van der Waals surface area contributed by atoms with Crippen molar-refractivity contribution in [2.75, 3.05) is 6.54 Å². The number of nitrogens with zero attached hydrogens (tertiary/aromatic N) is 3. The highest BCUT2D eigenvalue weighted by Gasteiger charge is 2.46. The molecule has 20 heavy (non-hydrogen) atoms. The number of aliphatic carboxylic acids is 1. The van der Waals surface area contributed by atoms with Gasteiger partial charge in [0, 0.05) is 19.3 Å². The number of aromatic nitrogens is 2. The summed E-state index contributed by atoms with van der Waals surface area (Å²) in [5, 5.41) is 9.70. The van der Waals surface area contributed by atoms with E-state index in [0.29, 0.717) is 6.54 Å². The summed E-state index contributed by atoms with van der Waals surface area (Å²) in [5.74, 6) is -0.668. The fourth-order valence-corrected chi connectivity index (χ4v) is 3.33. The molecule has 2 rings (SSSR count). The quantitative estimate of drug-likeness (QED) is 0.833. The highest BCUT2D eigenvalue weighted by molar-refractivity contribution is 5.79. The van der Waals surface area contributed by atoms with E-state index in [2.05, 4.69) is 28.3 Å². The maximum absolute atomic E-state index is 11.8. The van der Waals surface area contributed by atoms with Gasteiger partial charge in [0.2, 0.25) is 0 Å². The number of rotatable bonds is 7. The Morgan fingerprint density at radius 1 is 1.45 bits per heavy atom. The Bertz CT molecular complexity index is 458. The van der Waals surface area contributed by atoms with Crippen LogP contribution in [0.15, 0.2) is 12.5 Å². The van der Waals surface area contributed by atoms with Gasteiger partial charge < -0.3 is 9.67 Å². The minimum absolute atomic E-state index is 0.668. The number of hydrogen-bond acceptors (Lipinski definition) is 3. The normalized spacial score (nSPS) is 23.3. The van der Waals surface area contributed by atoms with E-state index in [1.807, 2.05) is 12.5 Å². The van der Waals surface area contributed by atoms with Gasteiger partial charge in [-0.25, -0.2) is 4.98 Å². The van der Waals surface area contributed by atoms with Gasteiger partial charge >= 0.3 is 5.97 Å². The van der Waals surface area contributed by atoms with Crippen LogP contribution in [0.4, 0.5) is 0 Å². The molecule has 5 nitrogen and oxygen atoms in total. The summed E-state index contributed by atoms with van der Waals surface area (Å²) in [6, 6.07) is 0. The van der Waals surface area contributed by atoms with Gasteiger partial charge in [-0.05, 0) is 32.2 Å². The van der Waals surface area contributed by atoms with Crippen molar-refractivity contribution >= 4 is 5.97 Å². The molecule has 1 aromatic heterocycles. The van der Waals surface area contributed by atoms with Crippen LogP contribution in [0.1, 0.15) is 51.6 Å². The number of hydrogen-bond donors (Lipinski definition) is 1. The fourth-order valence-electron chi connectivity index (χ4n) is 3.33. The molecule has 1 unspecified atom stereocenters. The van der Waals surface area contributed by atoms with Crippen molar-refractivity contribution in [1.82, 2.24) is 14.5 Å². The lowest BCUT2D eigenvalue weighted by Crippen LogP contribution is -2.50. The molecule has 1 aromatic rings. The van der Waals surface area contributed by atoms with E-state index in [0.717, 1.165) is 50.9 Å². The topological polar surface area (TPSA) is 58.4 Å². The van der Waals surface area contributed by atoms with Crippen molar-refractivity contribution in [3.8, 4) is 0 Å². The van der Waals surface area contributed by atoms with Crippen LogP contribution < -0.4 is 0 Å². The van der Waals surface area contributed by atoms with Gasteiger partial charge in [0.25, 0.3) is 0 Å². The number of carboxylic acid groups (broad SMARTS) is 1. The molecular formula is C15H25N3O2. The molecule has 0 amide bonds. The standard InChI is InChI=1S/C15H25N3O2/c1-3-6-15(14(19)20)7-5-9-18(15)11-13-10-16-12-17(13)8-4-2/h10,12H,3-9,11H2,1-2H3,(H,19,20). The van der Waals surface area contributed by atoms with Crippen LogP contribution >= 0.6 is 0 Å². The summed E-state index contributed by atoms with van der Waals surface area (Å²) in [4.78, 5) is 18.2. The second-order valence-electron chi connectivity index (χ2n) is 5.69. The Morgan fingerprint density at radius 3 is 2.90 bits per heavy atom. The Hall–Kier alpha value is -1.36. The number of carbonyl (C=O) groups is 1. The van der Waals surface area contributed by atoms with Crippen LogP contribution in [0.3, 0.4) is 0 Å². The van der Waals surface area contributed by atoms with E-state index in [1.165, 1.54) is 0 Å². The third-order valence-corrected chi connectivity index (χ3v) is 4.30. The molecule has 1 N–H and O–H groups in total. The fraction of sp³-hybridized carbons (Fsp3) is 0.733. The van der Waals surface area contributed by atoms with Crippen molar-refractivity contribution in [2.24, 2.45) is 0 Å². The number of aryl methyl sites for hydroxylation is 1.